The number of rotatable bonds is 7. The van der Waals surface area contributed by atoms with E-state index in [1.54, 1.807) is 6.20 Å². The summed E-state index contributed by atoms with van der Waals surface area (Å²) in [5.41, 5.74) is 2.55. The predicted octanol–water partition coefficient (Wildman–Crippen LogP) is 3.99. The van der Waals surface area contributed by atoms with Crippen molar-refractivity contribution >= 4 is 29.1 Å². The Kier molecular flexibility index (Phi) is 5.93. The van der Waals surface area contributed by atoms with E-state index in [2.05, 4.69) is 10.1 Å². The Labute approximate surface area is 156 Å². The zero-order valence-electron chi connectivity index (χ0n) is 14.8. The van der Waals surface area contributed by atoms with E-state index in [0.717, 1.165) is 36.8 Å². The van der Waals surface area contributed by atoms with Crippen molar-refractivity contribution in [2.75, 3.05) is 0 Å². The summed E-state index contributed by atoms with van der Waals surface area (Å²) in [6, 6.07) is 5.77. The molecule has 2 aromatic rings. The van der Waals surface area contributed by atoms with Crippen LogP contribution in [-0.4, -0.2) is 28.0 Å². The van der Waals surface area contributed by atoms with Gasteiger partial charge in [0.25, 0.3) is 0 Å². The van der Waals surface area contributed by atoms with Gasteiger partial charge in [-0.15, -0.1) is 11.3 Å². The van der Waals surface area contributed by atoms with E-state index in [0.29, 0.717) is 15.4 Å². The first-order chi connectivity index (χ1) is 12.6. The molecule has 0 atom stereocenters. The average molecular weight is 370 g/mol. The highest BCUT2D eigenvalue weighted by Crippen LogP contribution is 2.29. The van der Waals surface area contributed by atoms with Gasteiger partial charge >= 0.3 is 0 Å². The molecule has 1 aromatic carbocycles. The van der Waals surface area contributed by atoms with Crippen LogP contribution in [0.5, 0.6) is 0 Å². The van der Waals surface area contributed by atoms with Gasteiger partial charge in [-0.05, 0) is 31.4 Å². The number of Topliss-reactive ketones (excluding diaryl/α,β-unsaturated/α-hetero) is 2. The van der Waals surface area contributed by atoms with Gasteiger partial charge in [-0.1, -0.05) is 35.7 Å². The van der Waals surface area contributed by atoms with Crippen molar-refractivity contribution in [2.24, 2.45) is 11.1 Å². The molecule has 1 aromatic heterocycles. The fourth-order valence-corrected chi connectivity index (χ4v) is 4.26. The lowest BCUT2D eigenvalue weighted by Crippen LogP contribution is -2.16. The van der Waals surface area contributed by atoms with Crippen LogP contribution < -0.4 is 0 Å². The maximum Gasteiger partial charge on any atom is 0.166 e. The van der Waals surface area contributed by atoms with Crippen LogP contribution in [0.3, 0.4) is 0 Å². The van der Waals surface area contributed by atoms with Crippen molar-refractivity contribution in [3.8, 4) is 0 Å². The van der Waals surface area contributed by atoms with Crippen LogP contribution >= 0.6 is 11.3 Å². The summed E-state index contributed by atoms with van der Waals surface area (Å²) in [5, 5.41) is 12.2. The first-order valence-corrected chi connectivity index (χ1v) is 9.66. The van der Waals surface area contributed by atoms with Crippen molar-refractivity contribution < 1.29 is 14.8 Å². The quantitative estimate of drug-likeness (QED) is 0.346. The molecule has 1 aliphatic rings. The van der Waals surface area contributed by atoms with Crippen molar-refractivity contribution in [1.29, 1.82) is 0 Å². The highest BCUT2D eigenvalue weighted by atomic mass is 32.1. The van der Waals surface area contributed by atoms with Crippen LogP contribution in [0.25, 0.3) is 0 Å². The molecule has 0 radical (unpaired) electrons. The highest BCUT2D eigenvalue weighted by Gasteiger charge is 2.26. The molecule has 1 heterocycles. The maximum atomic E-state index is 12.9. The number of aryl methyl sites for hydroxylation is 1. The van der Waals surface area contributed by atoms with E-state index in [4.69, 9.17) is 5.21 Å². The Morgan fingerprint density at radius 3 is 2.81 bits per heavy atom. The van der Waals surface area contributed by atoms with E-state index in [1.807, 2.05) is 25.1 Å². The molecular weight excluding hydrogens is 348 g/mol. The monoisotopic (exact) mass is 370 g/mol. The number of carbonyl (C=O) groups excluding carboxylic acids is 2. The second-order valence-electron chi connectivity index (χ2n) is 6.80. The average Bonchev–Trinajstić information content (AvgIpc) is 3.28. The molecule has 5 nitrogen and oxygen atoms in total. The summed E-state index contributed by atoms with van der Waals surface area (Å²) in [5.74, 6) is 0.311. The van der Waals surface area contributed by atoms with Crippen LogP contribution in [0.4, 0.5) is 0 Å². The van der Waals surface area contributed by atoms with Crippen LogP contribution in [0.1, 0.15) is 57.1 Å². The summed E-state index contributed by atoms with van der Waals surface area (Å²) in [7, 11) is 0. The van der Waals surface area contributed by atoms with Gasteiger partial charge < -0.3 is 5.21 Å². The minimum atomic E-state index is 0.0242. The second kappa shape index (κ2) is 8.36. The Morgan fingerprint density at radius 2 is 2.08 bits per heavy atom. The molecule has 0 spiro atoms. The Hall–Kier alpha value is -2.34. The lowest BCUT2D eigenvalue weighted by atomic mass is 9.90. The molecule has 26 heavy (non-hydrogen) atoms. The summed E-state index contributed by atoms with van der Waals surface area (Å²) in [6.45, 7) is 1.97. The Balaban J connectivity index is 1.73. The molecule has 0 aliphatic heterocycles. The van der Waals surface area contributed by atoms with Gasteiger partial charge in [-0.25, -0.2) is 4.98 Å². The largest absolute Gasteiger partial charge is 0.411 e. The molecule has 0 amide bonds. The maximum absolute atomic E-state index is 12.9. The van der Waals surface area contributed by atoms with Gasteiger partial charge in [0.2, 0.25) is 0 Å². The first-order valence-electron chi connectivity index (χ1n) is 8.84. The third kappa shape index (κ3) is 4.43. The third-order valence-corrected chi connectivity index (χ3v) is 5.68. The molecule has 1 fully saturated rings. The number of aromatic nitrogens is 1. The number of benzene rings is 1. The van der Waals surface area contributed by atoms with Crippen molar-refractivity contribution in [1.82, 2.24) is 4.98 Å². The van der Waals surface area contributed by atoms with Gasteiger partial charge in [0, 0.05) is 24.1 Å². The third-order valence-electron chi connectivity index (χ3n) is 4.75. The summed E-state index contributed by atoms with van der Waals surface area (Å²) in [4.78, 5) is 30.3. The van der Waals surface area contributed by atoms with Crippen molar-refractivity contribution in [3.05, 3.63) is 51.0 Å². The smallest absolute Gasteiger partial charge is 0.166 e. The van der Waals surface area contributed by atoms with Crippen molar-refractivity contribution in [2.45, 2.75) is 45.4 Å². The van der Waals surface area contributed by atoms with Crippen LogP contribution in [0, 0.1) is 12.8 Å². The molecule has 0 saturated heterocycles. The molecule has 3 rings (SSSR count). The normalized spacial score (nSPS) is 15.0. The fraction of sp³-hybridized carbons (Fsp3) is 0.400. The molecule has 1 N–H and O–H groups in total. The van der Waals surface area contributed by atoms with E-state index in [9.17, 15) is 9.59 Å². The van der Waals surface area contributed by atoms with E-state index in [1.165, 1.54) is 17.6 Å². The summed E-state index contributed by atoms with van der Waals surface area (Å²) < 4.78 is 0. The van der Waals surface area contributed by atoms with Crippen molar-refractivity contribution in [3.63, 3.8) is 0 Å². The SMILES string of the molecule is Cc1ccc(CC(=O)Cc2ncc(/C=N/O)s2)c(C(=O)C2CCCC2)c1. The van der Waals surface area contributed by atoms with E-state index < -0.39 is 0 Å². The fourth-order valence-electron chi connectivity index (χ4n) is 3.45. The second-order valence-corrected chi connectivity index (χ2v) is 7.95. The standard InChI is InChI=1S/C20H22N2O3S/c1-13-6-7-15(18(8-13)20(24)14-4-2-3-5-14)9-16(23)10-19-21-11-17(26-19)12-22-25/h6-8,11-12,14,25H,2-5,9-10H2,1H3/b22-12+. The minimum absolute atomic E-state index is 0.0242. The highest BCUT2D eigenvalue weighted by molar-refractivity contribution is 7.13. The molecule has 1 aliphatic carbocycles. The molecular formula is C20H22N2O3S. The van der Waals surface area contributed by atoms with Gasteiger partial charge in [0.15, 0.2) is 5.78 Å². The van der Waals surface area contributed by atoms with E-state index >= 15 is 0 Å². The Bertz CT molecular complexity index is 835. The molecule has 0 bridgehead atoms. The molecule has 0 unspecified atom stereocenters. The lowest BCUT2D eigenvalue weighted by molar-refractivity contribution is -0.117. The zero-order chi connectivity index (χ0) is 18.5. The molecule has 136 valence electrons. The number of ketones is 2. The molecule has 6 heteroatoms. The van der Waals surface area contributed by atoms with Crippen LogP contribution in [0.15, 0.2) is 29.6 Å². The van der Waals surface area contributed by atoms with Crippen LogP contribution in [-0.2, 0) is 17.6 Å². The van der Waals surface area contributed by atoms with Gasteiger partial charge in [-0.2, -0.15) is 0 Å². The van der Waals surface area contributed by atoms with Crippen LogP contribution in [0.2, 0.25) is 0 Å². The number of hydrogen-bond donors (Lipinski definition) is 1. The van der Waals surface area contributed by atoms with Gasteiger partial charge in [0.05, 0.1) is 17.5 Å². The number of carbonyl (C=O) groups is 2. The number of nitrogens with zero attached hydrogens (tertiary/aromatic N) is 2. The molecule has 1 saturated carbocycles. The zero-order valence-corrected chi connectivity index (χ0v) is 15.6. The predicted molar refractivity (Wildman–Crippen MR) is 101 cm³/mol. The first kappa shape index (κ1) is 18.5. The topological polar surface area (TPSA) is 79.6 Å². The summed E-state index contributed by atoms with van der Waals surface area (Å²) >= 11 is 1.32. The minimum Gasteiger partial charge on any atom is -0.411 e. The van der Waals surface area contributed by atoms with Gasteiger partial charge in [-0.3, -0.25) is 9.59 Å². The number of thiazole rings is 1. The number of oxime groups is 1. The lowest BCUT2D eigenvalue weighted by Gasteiger charge is -2.13. The summed E-state index contributed by atoms with van der Waals surface area (Å²) in [6.07, 6.45) is 7.45. The Morgan fingerprint density at radius 1 is 1.31 bits per heavy atom. The number of hydrogen-bond acceptors (Lipinski definition) is 6. The van der Waals surface area contributed by atoms with Gasteiger partial charge in [0.1, 0.15) is 10.8 Å². The van der Waals surface area contributed by atoms with E-state index in [-0.39, 0.29) is 30.3 Å².